The first-order chi connectivity index (χ1) is 11.1. The maximum Gasteiger partial charge on any atom is 0.304 e. The number of hydrogen-bond acceptors (Lipinski definition) is 5. The van der Waals surface area contributed by atoms with Crippen molar-refractivity contribution in [3.63, 3.8) is 0 Å². The minimum absolute atomic E-state index is 0.00297. The number of amides is 1. The first kappa shape index (κ1) is 16.8. The highest BCUT2D eigenvalue weighted by molar-refractivity contribution is 8.00. The molecule has 2 aliphatic rings. The molecule has 0 radical (unpaired) electrons. The van der Waals surface area contributed by atoms with Gasteiger partial charge in [-0.15, -0.1) is 23.1 Å². The van der Waals surface area contributed by atoms with Crippen molar-refractivity contribution >= 4 is 35.0 Å². The van der Waals surface area contributed by atoms with Crippen LogP contribution in [-0.4, -0.2) is 52.3 Å². The van der Waals surface area contributed by atoms with E-state index in [1.165, 1.54) is 11.3 Å². The molecule has 1 unspecified atom stereocenters. The molecule has 0 aliphatic carbocycles. The van der Waals surface area contributed by atoms with Gasteiger partial charge in [0.05, 0.1) is 13.0 Å². The Morgan fingerprint density at radius 2 is 2.13 bits per heavy atom. The van der Waals surface area contributed by atoms with Crippen LogP contribution in [-0.2, 0) is 14.3 Å². The van der Waals surface area contributed by atoms with Gasteiger partial charge in [0, 0.05) is 48.9 Å². The van der Waals surface area contributed by atoms with E-state index in [1.54, 1.807) is 0 Å². The molecule has 7 heteroatoms. The molecule has 0 saturated carbocycles. The largest absolute Gasteiger partial charge is 0.481 e. The molecule has 1 amide bonds. The maximum atomic E-state index is 12.6. The zero-order valence-corrected chi connectivity index (χ0v) is 14.5. The van der Waals surface area contributed by atoms with Crippen molar-refractivity contribution in [3.8, 4) is 0 Å². The molecule has 5 nitrogen and oxygen atoms in total. The monoisotopic (exact) mass is 355 g/mol. The standard InChI is InChI=1S/C16H21NO4S2/c18-14(10-12(11-15(19)20)13-2-1-8-22-13)17-5-3-16(4-6-17)21-7-9-23-16/h1-2,8,12H,3-7,9-11H2,(H,19,20). The number of aliphatic carboxylic acids is 1. The number of ether oxygens (including phenoxy) is 1. The summed E-state index contributed by atoms with van der Waals surface area (Å²) in [7, 11) is 0. The van der Waals surface area contributed by atoms with E-state index in [4.69, 9.17) is 9.84 Å². The third kappa shape index (κ3) is 4.08. The second-order valence-electron chi connectivity index (χ2n) is 6.00. The summed E-state index contributed by atoms with van der Waals surface area (Å²) < 4.78 is 5.85. The van der Waals surface area contributed by atoms with Crippen LogP contribution < -0.4 is 0 Å². The molecule has 23 heavy (non-hydrogen) atoms. The molecular formula is C16H21NO4S2. The van der Waals surface area contributed by atoms with E-state index in [0.29, 0.717) is 13.1 Å². The molecule has 2 saturated heterocycles. The van der Waals surface area contributed by atoms with Crippen molar-refractivity contribution in [1.82, 2.24) is 4.90 Å². The smallest absolute Gasteiger partial charge is 0.304 e. The summed E-state index contributed by atoms with van der Waals surface area (Å²) in [4.78, 5) is 26.4. The van der Waals surface area contributed by atoms with Crippen molar-refractivity contribution in [2.45, 2.75) is 36.5 Å². The molecule has 3 rings (SSSR count). The first-order valence-corrected chi connectivity index (χ1v) is 9.75. The highest BCUT2D eigenvalue weighted by Crippen LogP contribution is 2.41. The lowest BCUT2D eigenvalue weighted by Crippen LogP contribution is -2.45. The summed E-state index contributed by atoms with van der Waals surface area (Å²) in [5.74, 6) is 0.00699. The summed E-state index contributed by atoms with van der Waals surface area (Å²) in [5.41, 5.74) is 0. The Kier molecular flexibility index (Phi) is 5.28. The molecule has 1 atom stereocenters. The third-order valence-electron chi connectivity index (χ3n) is 4.48. The molecule has 126 valence electrons. The molecule has 1 spiro atoms. The lowest BCUT2D eigenvalue weighted by atomic mass is 9.97. The maximum absolute atomic E-state index is 12.6. The number of rotatable bonds is 5. The lowest BCUT2D eigenvalue weighted by molar-refractivity contribution is -0.138. The third-order valence-corrected chi connectivity index (χ3v) is 6.94. The predicted octanol–water partition coefficient (Wildman–Crippen LogP) is 2.78. The number of thioether (sulfide) groups is 1. The van der Waals surface area contributed by atoms with E-state index in [9.17, 15) is 9.59 Å². The summed E-state index contributed by atoms with van der Waals surface area (Å²) in [5, 5.41) is 11.0. The number of carbonyl (C=O) groups is 2. The van der Waals surface area contributed by atoms with Crippen LogP contribution >= 0.6 is 23.1 Å². The van der Waals surface area contributed by atoms with Crippen molar-refractivity contribution in [2.75, 3.05) is 25.4 Å². The van der Waals surface area contributed by atoms with Crippen LogP contribution in [0.3, 0.4) is 0 Å². The fourth-order valence-corrected chi connectivity index (χ4v) is 5.24. The van der Waals surface area contributed by atoms with Crippen LogP contribution in [0, 0.1) is 0 Å². The van der Waals surface area contributed by atoms with Crippen LogP contribution in [0.25, 0.3) is 0 Å². The summed E-state index contributed by atoms with van der Waals surface area (Å²) in [6.45, 7) is 2.21. The van der Waals surface area contributed by atoms with Crippen LogP contribution in [0.15, 0.2) is 17.5 Å². The van der Waals surface area contributed by atoms with Gasteiger partial charge in [-0.3, -0.25) is 9.59 Å². The van der Waals surface area contributed by atoms with E-state index >= 15 is 0 Å². The SMILES string of the molecule is O=C(O)CC(CC(=O)N1CCC2(CC1)OCCS2)c1cccs1. The number of piperidine rings is 1. The quantitative estimate of drug-likeness (QED) is 0.880. The topological polar surface area (TPSA) is 66.8 Å². The van der Waals surface area contributed by atoms with Crippen molar-refractivity contribution < 1.29 is 19.4 Å². The van der Waals surface area contributed by atoms with Crippen molar-refractivity contribution in [1.29, 1.82) is 0 Å². The molecular weight excluding hydrogens is 334 g/mol. The van der Waals surface area contributed by atoms with Gasteiger partial charge in [-0.05, 0) is 11.4 Å². The van der Waals surface area contributed by atoms with E-state index in [1.807, 2.05) is 34.2 Å². The van der Waals surface area contributed by atoms with E-state index in [0.717, 1.165) is 30.1 Å². The number of thiophene rings is 1. The molecule has 1 aromatic heterocycles. The van der Waals surface area contributed by atoms with E-state index in [-0.39, 0.29) is 29.6 Å². The summed E-state index contributed by atoms with van der Waals surface area (Å²) in [6, 6.07) is 3.82. The average Bonchev–Trinajstić information content (AvgIpc) is 3.19. The van der Waals surface area contributed by atoms with Gasteiger partial charge < -0.3 is 14.7 Å². The molecule has 2 fully saturated rings. The fraction of sp³-hybridized carbons (Fsp3) is 0.625. The second kappa shape index (κ2) is 7.23. The van der Waals surface area contributed by atoms with Gasteiger partial charge in [0.2, 0.25) is 5.91 Å². The first-order valence-electron chi connectivity index (χ1n) is 7.89. The summed E-state index contributed by atoms with van der Waals surface area (Å²) >= 11 is 3.38. The van der Waals surface area contributed by atoms with Gasteiger partial charge >= 0.3 is 5.97 Å². The average molecular weight is 355 g/mol. The molecule has 2 aliphatic heterocycles. The molecule has 0 aromatic carbocycles. The number of carboxylic acids is 1. The van der Waals surface area contributed by atoms with Gasteiger partial charge in [0.1, 0.15) is 4.93 Å². The number of carbonyl (C=O) groups excluding carboxylic acids is 1. The van der Waals surface area contributed by atoms with Crippen LogP contribution in [0.5, 0.6) is 0 Å². The number of likely N-dealkylation sites (tertiary alicyclic amines) is 1. The Morgan fingerprint density at radius 1 is 1.35 bits per heavy atom. The highest BCUT2D eigenvalue weighted by atomic mass is 32.2. The fourth-order valence-electron chi connectivity index (χ4n) is 3.23. The van der Waals surface area contributed by atoms with Crippen LogP contribution in [0.2, 0.25) is 0 Å². The van der Waals surface area contributed by atoms with Crippen molar-refractivity contribution in [2.24, 2.45) is 0 Å². The zero-order valence-electron chi connectivity index (χ0n) is 12.9. The Bertz CT molecular complexity index is 544. The Labute approximate surface area is 144 Å². The number of hydrogen-bond donors (Lipinski definition) is 1. The Morgan fingerprint density at radius 3 is 2.70 bits per heavy atom. The Balaban J connectivity index is 1.58. The van der Waals surface area contributed by atoms with Gasteiger partial charge in [-0.2, -0.15) is 0 Å². The van der Waals surface area contributed by atoms with E-state index in [2.05, 4.69) is 0 Å². The normalized spacial score (nSPS) is 21.5. The van der Waals surface area contributed by atoms with Crippen LogP contribution in [0.1, 0.15) is 36.5 Å². The zero-order chi connectivity index (χ0) is 16.3. The number of carboxylic acid groups (broad SMARTS) is 1. The van der Waals surface area contributed by atoms with Gasteiger partial charge in [0.15, 0.2) is 0 Å². The minimum atomic E-state index is -0.857. The lowest BCUT2D eigenvalue weighted by Gasteiger charge is -2.38. The van der Waals surface area contributed by atoms with Gasteiger partial charge in [-0.25, -0.2) is 0 Å². The van der Waals surface area contributed by atoms with Gasteiger partial charge in [0.25, 0.3) is 0 Å². The Hall–Kier alpha value is -1.05. The summed E-state index contributed by atoms with van der Waals surface area (Å²) in [6.07, 6.45) is 2.01. The molecule has 1 aromatic rings. The highest BCUT2D eigenvalue weighted by Gasteiger charge is 2.40. The molecule has 1 N–H and O–H groups in total. The van der Waals surface area contributed by atoms with Crippen molar-refractivity contribution in [3.05, 3.63) is 22.4 Å². The van der Waals surface area contributed by atoms with Gasteiger partial charge in [-0.1, -0.05) is 6.07 Å². The second-order valence-corrected chi connectivity index (χ2v) is 8.42. The molecule has 0 bridgehead atoms. The predicted molar refractivity (Wildman–Crippen MR) is 90.9 cm³/mol. The number of nitrogens with zero attached hydrogens (tertiary/aromatic N) is 1. The molecule has 3 heterocycles. The van der Waals surface area contributed by atoms with E-state index < -0.39 is 5.97 Å². The van der Waals surface area contributed by atoms with Crippen LogP contribution in [0.4, 0.5) is 0 Å². The minimum Gasteiger partial charge on any atom is -0.481 e.